The van der Waals surface area contributed by atoms with Crippen molar-refractivity contribution >= 4 is 15.6 Å². The smallest absolute Gasteiger partial charge is 0.185 e. The number of halogens is 1. The molecule has 0 saturated carbocycles. The van der Waals surface area contributed by atoms with Crippen LogP contribution in [0, 0.1) is 5.82 Å². The predicted octanol–water partition coefficient (Wildman–Crippen LogP) is 2.49. The number of sulfone groups is 1. The minimum Gasteiger partial charge on any atom is -0.496 e. The fourth-order valence-electron chi connectivity index (χ4n) is 1.87. The summed E-state index contributed by atoms with van der Waals surface area (Å²) in [7, 11) is -2.50. The highest BCUT2D eigenvalue weighted by Crippen LogP contribution is 2.20. The Morgan fingerprint density at radius 3 is 2.52 bits per heavy atom. The van der Waals surface area contributed by atoms with Gasteiger partial charge in [-0.3, -0.25) is 4.79 Å². The summed E-state index contributed by atoms with van der Waals surface area (Å²) in [6.45, 7) is 0. The lowest BCUT2D eigenvalue weighted by atomic mass is 10.1. The summed E-state index contributed by atoms with van der Waals surface area (Å²) in [6, 6.07) is 10.9. The van der Waals surface area contributed by atoms with Crippen LogP contribution in [0.15, 0.2) is 53.4 Å². The molecule has 4 nitrogen and oxygen atoms in total. The van der Waals surface area contributed by atoms with Crippen LogP contribution in [0.25, 0.3) is 0 Å². The van der Waals surface area contributed by atoms with E-state index in [0.717, 1.165) is 12.1 Å². The summed E-state index contributed by atoms with van der Waals surface area (Å²) in [4.78, 5) is 11.9. The molecule has 21 heavy (non-hydrogen) atoms. The van der Waals surface area contributed by atoms with Crippen LogP contribution in [0.1, 0.15) is 10.4 Å². The maximum absolute atomic E-state index is 13.1. The fraction of sp³-hybridized carbons (Fsp3) is 0.133. The molecule has 0 heterocycles. The lowest BCUT2D eigenvalue weighted by Crippen LogP contribution is -2.17. The summed E-state index contributed by atoms with van der Waals surface area (Å²) in [5.41, 5.74) is 0.181. The van der Waals surface area contributed by atoms with Crippen LogP contribution >= 0.6 is 0 Å². The lowest BCUT2D eigenvalue weighted by Gasteiger charge is -2.08. The molecule has 2 aromatic rings. The average Bonchev–Trinajstić information content (AvgIpc) is 2.46. The van der Waals surface area contributed by atoms with E-state index in [-0.39, 0.29) is 10.5 Å². The molecule has 0 aliphatic rings. The zero-order chi connectivity index (χ0) is 15.5. The summed E-state index contributed by atoms with van der Waals surface area (Å²) in [6.07, 6.45) is 0. The molecule has 0 amide bonds. The third-order valence-corrected chi connectivity index (χ3v) is 4.50. The first-order valence-electron chi connectivity index (χ1n) is 6.08. The Hall–Kier alpha value is -2.21. The Kier molecular flexibility index (Phi) is 4.37. The van der Waals surface area contributed by atoms with Gasteiger partial charge in [0.15, 0.2) is 15.6 Å². The number of para-hydroxylation sites is 1. The van der Waals surface area contributed by atoms with Crippen LogP contribution in [0.2, 0.25) is 0 Å². The van der Waals surface area contributed by atoms with E-state index in [1.54, 1.807) is 18.2 Å². The minimum absolute atomic E-state index is 0.181. The topological polar surface area (TPSA) is 60.4 Å². The Balaban J connectivity index is 2.30. The van der Waals surface area contributed by atoms with Crippen molar-refractivity contribution in [3.63, 3.8) is 0 Å². The highest BCUT2D eigenvalue weighted by molar-refractivity contribution is 7.92. The van der Waals surface area contributed by atoms with E-state index in [4.69, 9.17) is 4.74 Å². The monoisotopic (exact) mass is 308 g/mol. The number of carbonyl (C=O) groups is 1. The van der Waals surface area contributed by atoms with Crippen molar-refractivity contribution < 1.29 is 22.3 Å². The van der Waals surface area contributed by atoms with Crippen molar-refractivity contribution in [1.29, 1.82) is 0 Å². The number of hydrogen-bond acceptors (Lipinski definition) is 4. The summed E-state index contributed by atoms with van der Waals surface area (Å²) >= 11 is 0. The molecule has 110 valence electrons. The van der Waals surface area contributed by atoms with Gasteiger partial charge in [0, 0.05) is 0 Å². The lowest BCUT2D eigenvalue weighted by molar-refractivity contribution is 0.101. The molecular weight excluding hydrogens is 295 g/mol. The number of methoxy groups -OCH3 is 1. The van der Waals surface area contributed by atoms with E-state index in [1.165, 1.54) is 25.3 Å². The summed E-state index contributed by atoms with van der Waals surface area (Å²) in [5, 5.41) is 0. The molecule has 0 fully saturated rings. The first kappa shape index (κ1) is 15.2. The molecule has 0 aromatic heterocycles. The van der Waals surface area contributed by atoms with Gasteiger partial charge >= 0.3 is 0 Å². The number of Topliss-reactive ketones (excluding diaryl/α,β-unsaturated/α-hetero) is 1. The minimum atomic E-state index is -3.90. The Labute approximate surface area is 122 Å². The van der Waals surface area contributed by atoms with Gasteiger partial charge in [0.25, 0.3) is 0 Å². The molecule has 6 heteroatoms. The molecular formula is C15H13FO4S. The van der Waals surface area contributed by atoms with E-state index in [9.17, 15) is 17.6 Å². The fourth-order valence-corrected chi connectivity index (χ4v) is 3.11. The summed E-state index contributed by atoms with van der Waals surface area (Å²) < 4.78 is 42.4. The molecule has 0 aliphatic heterocycles. The summed E-state index contributed by atoms with van der Waals surface area (Å²) in [5.74, 6) is -1.70. The van der Waals surface area contributed by atoms with Gasteiger partial charge in [-0.05, 0) is 30.3 Å². The van der Waals surface area contributed by atoms with Gasteiger partial charge in [0.1, 0.15) is 17.3 Å². The predicted molar refractivity (Wildman–Crippen MR) is 75.8 cm³/mol. The van der Waals surface area contributed by atoms with E-state index < -0.39 is 27.2 Å². The third-order valence-electron chi connectivity index (χ3n) is 2.88. The highest BCUT2D eigenvalue weighted by atomic mass is 32.2. The van der Waals surface area contributed by atoms with Crippen molar-refractivity contribution in [2.24, 2.45) is 0 Å². The van der Waals surface area contributed by atoms with Crippen molar-refractivity contribution in [3.8, 4) is 5.75 Å². The van der Waals surface area contributed by atoms with Crippen LogP contribution in [0.5, 0.6) is 5.75 Å². The van der Waals surface area contributed by atoms with Gasteiger partial charge < -0.3 is 4.74 Å². The van der Waals surface area contributed by atoms with Crippen LogP contribution in [0.3, 0.4) is 0 Å². The molecule has 2 rings (SSSR count). The molecule has 0 aliphatic carbocycles. The first-order valence-corrected chi connectivity index (χ1v) is 7.74. The van der Waals surface area contributed by atoms with Gasteiger partial charge in [-0.25, -0.2) is 12.8 Å². The van der Waals surface area contributed by atoms with Crippen molar-refractivity contribution in [2.75, 3.05) is 12.9 Å². The Bertz CT molecular complexity index is 769. The van der Waals surface area contributed by atoms with Gasteiger partial charge in [0.05, 0.1) is 17.6 Å². The van der Waals surface area contributed by atoms with Crippen LogP contribution in [0.4, 0.5) is 4.39 Å². The molecule has 0 spiro atoms. The largest absolute Gasteiger partial charge is 0.496 e. The molecule has 0 atom stereocenters. The molecule has 0 bridgehead atoms. The quantitative estimate of drug-likeness (QED) is 0.796. The van der Waals surface area contributed by atoms with Gasteiger partial charge in [-0.1, -0.05) is 18.2 Å². The molecule has 0 N–H and O–H groups in total. The molecule has 0 radical (unpaired) electrons. The molecule has 2 aromatic carbocycles. The second-order valence-electron chi connectivity index (χ2n) is 4.34. The van der Waals surface area contributed by atoms with Crippen LogP contribution < -0.4 is 4.74 Å². The number of carbonyl (C=O) groups excluding carboxylic acids is 1. The Morgan fingerprint density at radius 1 is 1.14 bits per heavy atom. The number of hydrogen-bond donors (Lipinski definition) is 0. The zero-order valence-corrected chi connectivity index (χ0v) is 12.1. The second-order valence-corrected chi connectivity index (χ2v) is 6.33. The van der Waals surface area contributed by atoms with E-state index >= 15 is 0 Å². The van der Waals surface area contributed by atoms with Crippen LogP contribution in [-0.4, -0.2) is 27.1 Å². The Morgan fingerprint density at radius 2 is 1.86 bits per heavy atom. The number of ether oxygens (including phenoxy) is 1. The number of benzene rings is 2. The van der Waals surface area contributed by atoms with Crippen molar-refractivity contribution in [2.45, 2.75) is 4.90 Å². The van der Waals surface area contributed by atoms with E-state index in [1.807, 2.05) is 0 Å². The van der Waals surface area contributed by atoms with Crippen molar-refractivity contribution in [1.82, 2.24) is 0 Å². The van der Waals surface area contributed by atoms with Crippen LogP contribution in [-0.2, 0) is 9.84 Å². The first-order chi connectivity index (χ1) is 9.94. The third kappa shape index (κ3) is 3.46. The van der Waals surface area contributed by atoms with Gasteiger partial charge in [0.2, 0.25) is 0 Å². The van der Waals surface area contributed by atoms with Gasteiger partial charge in [-0.15, -0.1) is 0 Å². The molecule has 0 saturated heterocycles. The highest BCUT2D eigenvalue weighted by Gasteiger charge is 2.22. The van der Waals surface area contributed by atoms with E-state index in [2.05, 4.69) is 0 Å². The zero-order valence-electron chi connectivity index (χ0n) is 11.2. The number of ketones is 1. The SMILES string of the molecule is COc1ccccc1C(=O)CS(=O)(=O)c1cccc(F)c1. The standard InChI is InChI=1S/C15H13FO4S/c1-20-15-8-3-2-7-13(15)14(17)10-21(18,19)12-6-4-5-11(16)9-12/h2-9H,10H2,1H3. The second kappa shape index (κ2) is 6.05. The van der Waals surface area contributed by atoms with Crippen molar-refractivity contribution in [3.05, 3.63) is 59.9 Å². The molecule has 0 unspecified atom stereocenters. The average molecular weight is 308 g/mol. The maximum Gasteiger partial charge on any atom is 0.185 e. The van der Waals surface area contributed by atoms with Gasteiger partial charge in [-0.2, -0.15) is 0 Å². The normalized spacial score (nSPS) is 11.1. The van der Waals surface area contributed by atoms with E-state index in [0.29, 0.717) is 5.75 Å². The number of rotatable bonds is 5. The maximum atomic E-state index is 13.1.